The van der Waals surface area contributed by atoms with Crippen molar-refractivity contribution >= 4 is 22.9 Å². The highest BCUT2D eigenvalue weighted by atomic mass is 32.2. The zero-order valence-corrected chi connectivity index (χ0v) is 15.4. The first-order valence-corrected chi connectivity index (χ1v) is 10.6. The number of nitrogens with zero attached hydrogens (tertiary/aromatic N) is 3. The Bertz CT molecular complexity index is 895. The molecule has 4 aliphatic carbocycles. The molecule has 3 aromatic rings. The predicted octanol–water partition coefficient (Wildman–Crippen LogP) is 4.97. The minimum absolute atomic E-state index is 0.165. The molecule has 0 spiro atoms. The largest absolute Gasteiger partial charge is 0.440 e. The van der Waals surface area contributed by atoms with Gasteiger partial charge in [-0.05, 0) is 68.4 Å². The van der Waals surface area contributed by atoms with E-state index in [-0.39, 0.29) is 5.41 Å². The molecular formula is C20H21N3O2S. The fraction of sp³-hybridized carbons (Fsp3) is 0.550. The van der Waals surface area contributed by atoms with Crippen LogP contribution in [0.15, 0.2) is 38.3 Å². The van der Waals surface area contributed by atoms with Crippen LogP contribution in [0.5, 0.6) is 0 Å². The normalized spacial score (nSPS) is 32.5. The molecule has 2 heterocycles. The fourth-order valence-electron chi connectivity index (χ4n) is 5.96. The summed E-state index contributed by atoms with van der Waals surface area (Å²) < 4.78 is 11.9. The third-order valence-corrected chi connectivity index (χ3v) is 7.36. The summed E-state index contributed by atoms with van der Waals surface area (Å²) in [5.41, 5.74) is 1.88. The van der Waals surface area contributed by atoms with Gasteiger partial charge in [0.25, 0.3) is 5.22 Å². The topological polar surface area (TPSA) is 65.0 Å². The maximum atomic E-state index is 6.14. The smallest absolute Gasteiger partial charge is 0.277 e. The third kappa shape index (κ3) is 2.42. The summed E-state index contributed by atoms with van der Waals surface area (Å²) >= 11 is 1.52. The van der Waals surface area contributed by atoms with Crippen LogP contribution in [0.3, 0.4) is 0 Å². The van der Waals surface area contributed by atoms with Gasteiger partial charge in [0.2, 0.25) is 11.8 Å². The Hall–Kier alpha value is -1.82. The number of hydrogen-bond acceptors (Lipinski definition) is 6. The SMILES string of the molecule is c1ccc2oc(CSc3nnc(C45CC6CC(CC(C6)C4)C5)o3)nc2c1. The van der Waals surface area contributed by atoms with E-state index < -0.39 is 0 Å². The third-order valence-electron chi connectivity index (χ3n) is 6.56. The first-order valence-electron chi connectivity index (χ1n) is 9.57. The Morgan fingerprint density at radius 3 is 2.42 bits per heavy atom. The highest BCUT2D eigenvalue weighted by Gasteiger charge is 2.54. The summed E-state index contributed by atoms with van der Waals surface area (Å²) in [5.74, 6) is 4.83. The van der Waals surface area contributed by atoms with E-state index in [0.29, 0.717) is 16.9 Å². The van der Waals surface area contributed by atoms with Crippen LogP contribution in [0.1, 0.15) is 50.3 Å². The van der Waals surface area contributed by atoms with Crippen molar-refractivity contribution in [3.8, 4) is 0 Å². The average Bonchev–Trinajstić information content (AvgIpc) is 3.26. The second-order valence-electron chi connectivity index (χ2n) is 8.44. The lowest BCUT2D eigenvalue weighted by Gasteiger charge is -2.55. The summed E-state index contributed by atoms with van der Waals surface area (Å²) in [6, 6.07) is 7.83. The number of aromatic nitrogens is 3. The van der Waals surface area contributed by atoms with Crippen molar-refractivity contribution in [2.75, 3.05) is 0 Å². The average molecular weight is 367 g/mol. The predicted molar refractivity (Wildman–Crippen MR) is 97.7 cm³/mol. The maximum Gasteiger partial charge on any atom is 0.277 e. The van der Waals surface area contributed by atoms with Crippen molar-refractivity contribution in [1.82, 2.24) is 15.2 Å². The molecule has 4 fully saturated rings. The van der Waals surface area contributed by atoms with Crippen molar-refractivity contribution in [3.63, 3.8) is 0 Å². The standard InChI is InChI=1S/C20H21N3O2S/c1-2-4-16-15(3-1)21-17(24-16)11-26-19-23-22-18(25-19)20-8-12-5-13(9-20)7-14(6-12)10-20/h1-4,12-14H,5-11H2. The Morgan fingerprint density at radius 2 is 1.69 bits per heavy atom. The van der Waals surface area contributed by atoms with Gasteiger partial charge in [-0.1, -0.05) is 23.9 Å². The molecule has 7 rings (SSSR count). The second-order valence-corrected chi connectivity index (χ2v) is 9.36. The lowest BCUT2D eigenvalue weighted by molar-refractivity contribution is -0.0191. The molecule has 0 amide bonds. The minimum atomic E-state index is 0.165. The van der Waals surface area contributed by atoms with Crippen LogP contribution in [0, 0.1) is 17.8 Å². The van der Waals surface area contributed by atoms with Gasteiger partial charge in [-0.2, -0.15) is 0 Å². The molecule has 0 aliphatic heterocycles. The number of benzene rings is 1. The van der Waals surface area contributed by atoms with Crippen molar-refractivity contribution in [1.29, 1.82) is 0 Å². The van der Waals surface area contributed by atoms with Gasteiger partial charge in [0.1, 0.15) is 5.52 Å². The molecule has 0 radical (unpaired) electrons. The van der Waals surface area contributed by atoms with Gasteiger partial charge < -0.3 is 8.83 Å². The van der Waals surface area contributed by atoms with Gasteiger partial charge in [-0.3, -0.25) is 0 Å². The summed E-state index contributed by atoms with van der Waals surface area (Å²) in [7, 11) is 0. The molecule has 0 saturated heterocycles. The zero-order valence-electron chi connectivity index (χ0n) is 14.6. The summed E-state index contributed by atoms with van der Waals surface area (Å²) in [6.45, 7) is 0. The number of para-hydroxylation sites is 2. The van der Waals surface area contributed by atoms with Crippen LogP contribution in [-0.4, -0.2) is 15.2 Å². The molecule has 0 unspecified atom stereocenters. The monoisotopic (exact) mass is 367 g/mol. The number of fused-ring (bicyclic) bond motifs is 1. The van der Waals surface area contributed by atoms with Crippen LogP contribution in [0.25, 0.3) is 11.1 Å². The van der Waals surface area contributed by atoms with E-state index in [2.05, 4.69) is 15.2 Å². The van der Waals surface area contributed by atoms with Gasteiger partial charge in [-0.25, -0.2) is 4.98 Å². The number of oxazole rings is 1. The molecule has 5 nitrogen and oxygen atoms in total. The lowest BCUT2D eigenvalue weighted by atomic mass is 9.49. The Kier molecular flexibility index (Phi) is 3.28. The molecular weight excluding hydrogens is 346 g/mol. The Morgan fingerprint density at radius 1 is 0.962 bits per heavy atom. The van der Waals surface area contributed by atoms with E-state index in [4.69, 9.17) is 8.83 Å². The van der Waals surface area contributed by atoms with Crippen molar-refractivity contribution in [2.24, 2.45) is 17.8 Å². The van der Waals surface area contributed by atoms with Gasteiger partial charge in [0.05, 0.1) is 5.75 Å². The molecule has 6 heteroatoms. The Labute approximate surface area is 156 Å². The van der Waals surface area contributed by atoms with E-state index in [1.54, 1.807) is 0 Å². The number of thioether (sulfide) groups is 1. The molecule has 1 aromatic carbocycles. The van der Waals surface area contributed by atoms with Gasteiger partial charge in [-0.15, -0.1) is 10.2 Å². The van der Waals surface area contributed by atoms with Gasteiger partial charge in [0, 0.05) is 5.41 Å². The van der Waals surface area contributed by atoms with Gasteiger partial charge in [0.15, 0.2) is 5.58 Å². The van der Waals surface area contributed by atoms with E-state index in [9.17, 15) is 0 Å². The highest BCUT2D eigenvalue weighted by molar-refractivity contribution is 7.98. The van der Waals surface area contributed by atoms with Crippen LogP contribution in [-0.2, 0) is 11.2 Å². The molecule has 134 valence electrons. The maximum absolute atomic E-state index is 6.14. The van der Waals surface area contributed by atoms with Crippen LogP contribution >= 0.6 is 11.8 Å². The van der Waals surface area contributed by atoms with E-state index in [1.807, 2.05) is 24.3 Å². The first kappa shape index (κ1) is 15.3. The molecule has 4 aliphatic rings. The van der Waals surface area contributed by atoms with Gasteiger partial charge >= 0.3 is 0 Å². The quantitative estimate of drug-likeness (QED) is 0.607. The zero-order chi connectivity index (χ0) is 17.1. The second kappa shape index (κ2) is 5.59. The summed E-state index contributed by atoms with van der Waals surface area (Å²) in [6.07, 6.45) is 8.01. The van der Waals surface area contributed by atoms with E-state index in [1.165, 1.54) is 50.3 Å². The fourth-order valence-corrected chi connectivity index (χ4v) is 6.57. The molecule has 4 bridgehead atoms. The van der Waals surface area contributed by atoms with Crippen molar-refractivity contribution in [3.05, 3.63) is 36.0 Å². The lowest BCUT2D eigenvalue weighted by Crippen LogP contribution is -2.48. The summed E-state index contributed by atoms with van der Waals surface area (Å²) in [5, 5.41) is 9.43. The number of hydrogen-bond donors (Lipinski definition) is 0. The molecule has 2 aromatic heterocycles. The van der Waals surface area contributed by atoms with Crippen LogP contribution in [0.2, 0.25) is 0 Å². The molecule has 4 saturated carbocycles. The number of rotatable bonds is 4. The van der Waals surface area contributed by atoms with E-state index >= 15 is 0 Å². The Balaban J connectivity index is 1.20. The van der Waals surface area contributed by atoms with Crippen molar-refractivity contribution < 1.29 is 8.83 Å². The van der Waals surface area contributed by atoms with Crippen molar-refractivity contribution in [2.45, 2.75) is 54.9 Å². The summed E-state index contributed by atoms with van der Waals surface area (Å²) in [4.78, 5) is 4.51. The van der Waals surface area contributed by atoms with Crippen LogP contribution in [0.4, 0.5) is 0 Å². The molecule has 26 heavy (non-hydrogen) atoms. The highest BCUT2D eigenvalue weighted by Crippen LogP contribution is 2.60. The van der Waals surface area contributed by atoms with E-state index in [0.717, 1.165) is 34.7 Å². The minimum Gasteiger partial charge on any atom is -0.440 e. The first-order chi connectivity index (χ1) is 12.8. The van der Waals surface area contributed by atoms with Crippen LogP contribution < -0.4 is 0 Å². The molecule has 0 atom stereocenters. The molecule has 0 N–H and O–H groups in total.